The fraction of sp³-hybridized carbons (Fsp3) is 0.100. The molecule has 0 fully saturated rings. The Morgan fingerprint density at radius 2 is 0.750 bits per heavy atom. The highest BCUT2D eigenvalue weighted by atomic mass is 16.4. The van der Waals surface area contributed by atoms with Crippen LogP contribution in [0.1, 0.15) is 52.6 Å². The highest BCUT2D eigenvalue weighted by Crippen LogP contribution is 2.44. The van der Waals surface area contributed by atoms with Crippen molar-refractivity contribution in [3.8, 4) is 0 Å². The first kappa shape index (κ1) is 30.4. The van der Waals surface area contributed by atoms with E-state index >= 15 is 0 Å². The third-order valence-corrected chi connectivity index (χ3v) is 8.94. The quantitative estimate of drug-likeness (QED) is 0.0939. The van der Waals surface area contributed by atoms with Gasteiger partial charge in [-0.15, -0.1) is 0 Å². The number of nitrogens with one attached hydrogen (secondary N) is 2. The number of hydrogen-bond acceptors (Lipinski definition) is 4. The van der Waals surface area contributed by atoms with E-state index in [0.717, 1.165) is 11.1 Å². The number of carbonyl (C=O) groups is 4. The molecule has 0 aromatic heterocycles. The smallest absolute Gasteiger partial charge is 0.336 e. The number of aromatic carboxylic acids is 2. The largest absolute Gasteiger partial charge is 0.478 e. The molecule has 48 heavy (non-hydrogen) atoms. The van der Waals surface area contributed by atoms with Crippen LogP contribution in [-0.2, 0) is 12.8 Å². The van der Waals surface area contributed by atoms with Gasteiger partial charge in [0.2, 0.25) is 0 Å². The average molecular weight is 635 g/mol. The number of carboxylic acids is 2. The van der Waals surface area contributed by atoms with Gasteiger partial charge in [0.1, 0.15) is 0 Å². The molecular weight excluding hydrogens is 604 g/mol. The van der Waals surface area contributed by atoms with Gasteiger partial charge in [0.15, 0.2) is 0 Å². The minimum absolute atomic E-state index is 0.0138. The maximum atomic E-state index is 13.6. The van der Waals surface area contributed by atoms with Crippen molar-refractivity contribution in [1.29, 1.82) is 0 Å². The number of rotatable bonds is 10. The third kappa shape index (κ3) is 5.33. The number of hydrogen-bond donors (Lipinski definition) is 4. The zero-order chi connectivity index (χ0) is 33.4. The average Bonchev–Trinajstić information content (AvgIpc) is 3.10. The van der Waals surface area contributed by atoms with E-state index in [0.29, 0.717) is 69.0 Å². The van der Waals surface area contributed by atoms with E-state index in [-0.39, 0.29) is 22.3 Å². The lowest BCUT2D eigenvalue weighted by Crippen LogP contribution is -2.26. The summed E-state index contributed by atoms with van der Waals surface area (Å²) in [7, 11) is 0. The second-order valence-corrected chi connectivity index (χ2v) is 11.7. The Hall–Kier alpha value is -6.28. The standard InChI is InChI=1S/C40H30N2O6/c43-37(41-21-19-23-7-3-1-4-8-23)29-15-11-25-26-12-16-30(38(44)42-22-20-24-9-5-2-6-10-24)36-32(40(47)48)18-14-28(34(26)36)27-13-17-31(39(45)46)35(29)33(25)27/h1-18H,19-22H2,(H,41,43)(H,42,44)(H,45,46)(H,47,48). The van der Waals surface area contributed by atoms with Gasteiger partial charge in [0, 0.05) is 35.0 Å². The fourth-order valence-electron chi connectivity index (χ4n) is 6.74. The normalized spacial score (nSPS) is 11.3. The van der Waals surface area contributed by atoms with E-state index in [4.69, 9.17) is 0 Å². The molecule has 0 bridgehead atoms. The Morgan fingerprint density at radius 3 is 1.08 bits per heavy atom. The first-order valence-electron chi connectivity index (χ1n) is 15.6. The lowest BCUT2D eigenvalue weighted by Gasteiger charge is -2.20. The van der Waals surface area contributed by atoms with E-state index in [1.54, 1.807) is 36.4 Å². The Balaban J connectivity index is 1.37. The molecule has 0 aliphatic carbocycles. The minimum atomic E-state index is -1.17. The van der Waals surface area contributed by atoms with Gasteiger partial charge in [-0.2, -0.15) is 0 Å². The Bertz CT molecular complexity index is 2200. The zero-order valence-electron chi connectivity index (χ0n) is 25.7. The first-order valence-corrected chi connectivity index (χ1v) is 15.6. The molecular formula is C40H30N2O6. The second kappa shape index (κ2) is 12.5. The molecule has 4 N–H and O–H groups in total. The summed E-state index contributed by atoms with van der Waals surface area (Å²) >= 11 is 0. The predicted molar refractivity (Wildman–Crippen MR) is 187 cm³/mol. The second-order valence-electron chi connectivity index (χ2n) is 11.7. The van der Waals surface area contributed by atoms with E-state index in [1.807, 2.05) is 60.7 Å². The van der Waals surface area contributed by atoms with E-state index in [9.17, 15) is 29.4 Å². The van der Waals surface area contributed by atoms with Crippen LogP contribution in [0.15, 0.2) is 109 Å². The van der Waals surface area contributed by atoms with Gasteiger partial charge in [-0.3, -0.25) is 9.59 Å². The number of carboxylic acid groups (broad SMARTS) is 2. The lowest BCUT2D eigenvalue weighted by molar-refractivity contribution is 0.0688. The molecule has 0 aliphatic heterocycles. The molecule has 0 aliphatic rings. The Morgan fingerprint density at radius 1 is 0.417 bits per heavy atom. The van der Waals surface area contributed by atoms with Crippen molar-refractivity contribution < 1.29 is 29.4 Å². The van der Waals surface area contributed by atoms with Crippen LogP contribution in [-0.4, -0.2) is 47.1 Å². The molecule has 2 amide bonds. The molecule has 8 nitrogen and oxygen atoms in total. The van der Waals surface area contributed by atoms with E-state index in [2.05, 4.69) is 10.6 Å². The molecule has 0 heterocycles. The Labute approximate surface area is 275 Å². The highest BCUT2D eigenvalue weighted by molar-refractivity contribution is 6.38. The van der Waals surface area contributed by atoms with Crippen molar-refractivity contribution in [3.63, 3.8) is 0 Å². The van der Waals surface area contributed by atoms with Crippen molar-refractivity contribution in [2.45, 2.75) is 12.8 Å². The highest BCUT2D eigenvalue weighted by Gasteiger charge is 2.25. The number of fused-ring (bicyclic) bond motifs is 2. The van der Waals surface area contributed by atoms with Crippen LogP contribution >= 0.6 is 0 Å². The Kier molecular flexibility index (Phi) is 7.90. The summed E-state index contributed by atoms with van der Waals surface area (Å²) in [4.78, 5) is 52.2. The van der Waals surface area contributed by atoms with Gasteiger partial charge in [0.05, 0.1) is 11.1 Å². The molecule has 236 valence electrons. The molecule has 0 atom stereocenters. The summed E-state index contributed by atoms with van der Waals surface area (Å²) in [6.45, 7) is 0.731. The summed E-state index contributed by atoms with van der Waals surface area (Å²) in [5.74, 6) is -3.12. The maximum absolute atomic E-state index is 13.6. The van der Waals surface area contributed by atoms with Gasteiger partial charge < -0.3 is 20.8 Å². The molecule has 7 aromatic carbocycles. The van der Waals surface area contributed by atoms with Gasteiger partial charge in [-0.25, -0.2) is 9.59 Å². The molecule has 7 rings (SSSR count). The monoisotopic (exact) mass is 634 g/mol. The van der Waals surface area contributed by atoms with Gasteiger partial charge in [0.25, 0.3) is 11.8 Å². The van der Waals surface area contributed by atoms with Gasteiger partial charge >= 0.3 is 11.9 Å². The summed E-state index contributed by atoms with van der Waals surface area (Å²) in [5, 5.41) is 30.7. The van der Waals surface area contributed by atoms with Crippen molar-refractivity contribution >= 4 is 66.8 Å². The molecule has 0 unspecified atom stereocenters. The van der Waals surface area contributed by atoms with Crippen molar-refractivity contribution in [2.24, 2.45) is 0 Å². The molecule has 0 radical (unpaired) electrons. The summed E-state index contributed by atoms with van der Waals surface area (Å²) in [6.07, 6.45) is 1.23. The molecule has 0 saturated heterocycles. The van der Waals surface area contributed by atoms with Crippen molar-refractivity contribution in [1.82, 2.24) is 10.6 Å². The van der Waals surface area contributed by atoms with Crippen LogP contribution in [0.5, 0.6) is 0 Å². The third-order valence-electron chi connectivity index (χ3n) is 8.94. The number of carbonyl (C=O) groups excluding carboxylic acids is 2. The van der Waals surface area contributed by atoms with E-state index < -0.39 is 23.8 Å². The summed E-state index contributed by atoms with van der Waals surface area (Å²) in [5.41, 5.74) is 2.57. The maximum Gasteiger partial charge on any atom is 0.336 e. The van der Waals surface area contributed by atoms with E-state index in [1.165, 1.54) is 12.1 Å². The number of benzene rings is 7. The topological polar surface area (TPSA) is 133 Å². The zero-order valence-corrected chi connectivity index (χ0v) is 25.7. The first-order chi connectivity index (χ1) is 23.3. The summed E-state index contributed by atoms with van der Waals surface area (Å²) < 4.78 is 0. The van der Waals surface area contributed by atoms with Crippen molar-refractivity contribution in [3.05, 3.63) is 143 Å². The van der Waals surface area contributed by atoms with Gasteiger partial charge in [-0.05, 0) is 80.6 Å². The van der Waals surface area contributed by atoms with Crippen LogP contribution in [0.2, 0.25) is 0 Å². The minimum Gasteiger partial charge on any atom is -0.478 e. The predicted octanol–water partition coefficient (Wildman–Crippen LogP) is 7.08. The molecule has 7 aromatic rings. The van der Waals surface area contributed by atoms with Crippen LogP contribution in [0.25, 0.3) is 43.1 Å². The van der Waals surface area contributed by atoms with Gasteiger partial charge in [-0.1, -0.05) is 84.9 Å². The SMILES string of the molecule is O=C(O)c1ccc2c3ccc(C(=O)O)c4c(C(=O)NCCc5ccccc5)ccc(c5ccc(C(=O)NCCc6ccccc6)c1c25)c43. The number of amides is 2. The molecule has 0 saturated carbocycles. The van der Waals surface area contributed by atoms with Crippen LogP contribution in [0, 0.1) is 0 Å². The molecule has 0 spiro atoms. The van der Waals surface area contributed by atoms with Crippen LogP contribution < -0.4 is 10.6 Å². The van der Waals surface area contributed by atoms with Crippen molar-refractivity contribution in [2.75, 3.05) is 13.1 Å². The molecule has 8 heteroatoms. The van der Waals surface area contributed by atoms with Crippen LogP contribution in [0.3, 0.4) is 0 Å². The lowest BCUT2D eigenvalue weighted by atomic mass is 9.84. The van der Waals surface area contributed by atoms with Crippen LogP contribution in [0.4, 0.5) is 0 Å². The summed E-state index contributed by atoms with van der Waals surface area (Å²) in [6, 6.07) is 32.6. The fourth-order valence-corrected chi connectivity index (χ4v) is 6.74.